The lowest BCUT2D eigenvalue weighted by molar-refractivity contribution is 0.0318. The van der Waals surface area contributed by atoms with Gasteiger partial charge >= 0.3 is 5.97 Å². The van der Waals surface area contributed by atoms with Gasteiger partial charge in [-0.25, -0.2) is 13.2 Å². The number of sulfonamides is 1. The van der Waals surface area contributed by atoms with Crippen molar-refractivity contribution in [1.82, 2.24) is 4.31 Å². The third-order valence-corrected chi connectivity index (χ3v) is 7.42. The highest BCUT2D eigenvalue weighted by atomic mass is 32.2. The van der Waals surface area contributed by atoms with E-state index in [9.17, 15) is 18.0 Å². The van der Waals surface area contributed by atoms with Crippen molar-refractivity contribution in [3.63, 3.8) is 0 Å². The molecular formula is C23H27NO6S. The van der Waals surface area contributed by atoms with Crippen LogP contribution in [0.15, 0.2) is 47.4 Å². The molecule has 1 aliphatic rings. The van der Waals surface area contributed by atoms with Gasteiger partial charge in [0.15, 0.2) is 6.10 Å². The summed E-state index contributed by atoms with van der Waals surface area (Å²) in [4.78, 5) is 25.3. The molecule has 1 unspecified atom stereocenters. The number of aryl methyl sites for hydroxylation is 1. The molecule has 0 aromatic heterocycles. The molecule has 1 fully saturated rings. The molecule has 0 amide bonds. The molecule has 0 spiro atoms. The van der Waals surface area contributed by atoms with Gasteiger partial charge in [0.25, 0.3) is 0 Å². The lowest BCUT2D eigenvalue weighted by atomic mass is 10.1. The van der Waals surface area contributed by atoms with Crippen LogP contribution in [0.25, 0.3) is 0 Å². The maximum Gasteiger partial charge on any atom is 0.338 e. The summed E-state index contributed by atoms with van der Waals surface area (Å²) < 4.78 is 38.0. The number of carbonyl (C=O) groups excluding carboxylic acids is 2. The highest BCUT2D eigenvalue weighted by Crippen LogP contribution is 2.25. The molecule has 7 nitrogen and oxygen atoms in total. The Morgan fingerprint density at radius 1 is 0.968 bits per heavy atom. The standard InChI is InChI=1S/C23H27NO6S/c1-16-7-8-19(15-21(16)31(27,28)24-13-5-4-6-14-24)23(26)30-17(2)22(25)18-9-11-20(29-3)12-10-18/h7-12,15,17H,4-6,13-14H2,1-3H3. The molecule has 0 aliphatic carbocycles. The van der Waals surface area contributed by atoms with Crippen LogP contribution in [-0.2, 0) is 14.8 Å². The number of Topliss-reactive ketones (excluding diaryl/α,β-unsaturated/α-hetero) is 1. The van der Waals surface area contributed by atoms with Crippen LogP contribution >= 0.6 is 0 Å². The maximum atomic E-state index is 13.1. The van der Waals surface area contributed by atoms with E-state index < -0.39 is 22.1 Å². The molecule has 0 bridgehead atoms. The van der Waals surface area contributed by atoms with E-state index in [0.29, 0.717) is 30.0 Å². The van der Waals surface area contributed by atoms with Crippen LogP contribution in [0.4, 0.5) is 0 Å². The first kappa shape index (κ1) is 23.0. The Kier molecular flexibility index (Phi) is 7.12. The van der Waals surface area contributed by atoms with Gasteiger partial charge < -0.3 is 9.47 Å². The lowest BCUT2D eigenvalue weighted by Crippen LogP contribution is -2.36. The zero-order valence-corrected chi connectivity index (χ0v) is 18.8. The Balaban J connectivity index is 1.77. The van der Waals surface area contributed by atoms with E-state index in [1.165, 1.54) is 30.5 Å². The minimum atomic E-state index is -3.70. The highest BCUT2D eigenvalue weighted by Gasteiger charge is 2.29. The summed E-state index contributed by atoms with van der Waals surface area (Å²) >= 11 is 0. The Bertz CT molecular complexity index is 1060. The summed E-state index contributed by atoms with van der Waals surface area (Å²) in [6.07, 6.45) is 1.64. The van der Waals surface area contributed by atoms with E-state index in [-0.39, 0.29) is 16.2 Å². The Morgan fingerprint density at radius 2 is 1.58 bits per heavy atom. The van der Waals surface area contributed by atoms with Gasteiger partial charge in [0.05, 0.1) is 17.6 Å². The van der Waals surface area contributed by atoms with Gasteiger partial charge in [-0.05, 0) is 68.7 Å². The minimum Gasteiger partial charge on any atom is -0.497 e. The number of carbonyl (C=O) groups is 2. The molecule has 0 N–H and O–H groups in total. The Hall–Kier alpha value is -2.71. The second-order valence-electron chi connectivity index (χ2n) is 7.59. The highest BCUT2D eigenvalue weighted by molar-refractivity contribution is 7.89. The normalized spacial score (nSPS) is 15.8. The fraction of sp³-hybridized carbons (Fsp3) is 0.391. The largest absolute Gasteiger partial charge is 0.497 e. The first-order valence-electron chi connectivity index (χ1n) is 10.2. The van der Waals surface area contributed by atoms with Crippen molar-refractivity contribution in [3.05, 3.63) is 59.2 Å². The van der Waals surface area contributed by atoms with E-state index in [2.05, 4.69) is 0 Å². The van der Waals surface area contributed by atoms with E-state index in [1.807, 2.05) is 0 Å². The smallest absolute Gasteiger partial charge is 0.338 e. The molecule has 31 heavy (non-hydrogen) atoms. The van der Waals surface area contributed by atoms with Crippen LogP contribution in [0.3, 0.4) is 0 Å². The molecule has 1 heterocycles. The van der Waals surface area contributed by atoms with Crippen LogP contribution in [-0.4, -0.2) is 50.8 Å². The van der Waals surface area contributed by atoms with Gasteiger partial charge in [-0.15, -0.1) is 0 Å². The number of piperidine rings is 1. The van der Waals surface area contributed by atoms with Gasteiger partial charge in [-0.1, -0.05) is 12.5 Å². The number of methoxy groups -OCH3 is 1. The molecular weight excluding hydrogens is 418 g/mol. The minimum absolute atomic E-state index is 0.0931. The summed E-state index contributed by atoms with van der Waals surface area (Å²) in [5.74, 6) is -0.489. The summed E-state index contributed by atoms with van der Waals surface area (Å²) in [7, 11) is -2.17. The van der Waals surface area contributed by atoms with E-state index in [4.69, 9.17) is 9.47 Å². The maximum absolute atomic E-state index is 13.1. The molecule has 1 atom stereocenters. The first-order chi connectivity index (χ1) is 14.7. The topological polar surface area (TPSA) is 90.0 Å². The molecule has 0 radical (unpaired) electrons. The molecule has 8 heteroatoms. The van der Waals surface area contributed by atoms with Crippen molar-refractivity contribution < 1.29 is 27.5 Å². The number of esters is 1. The van der Waals surface area contributed by atoms with Crippen molar-refractivity contribution in [3.8, 4) is 5.75 Å². The van der Waals surface area contributed by atoms with E-state index >= 15 is 0 Å². The average molecular weight is 446 g/mol. The molecule has 3 rings (SSSR count). The van der Waals surface area contributed by atoms with E-state index in [0.717, 1.165) is 19.3 Å². The zero-order chi connectivity index (χ0) is 22.6. The van der Waals surface area contributed by atoms with Crippen molar-refractivity contribution >= 4 is 21.8 Å². The zero-order valence-electron chi connectivity index (χ0n) is 18.0. The predicted molar refractivity (Wildman–Crippen MR) is 116 cm³/mol. The van der Waals surface area contributed by atoms with Gasteiger partial charge in [0.2, 0.25) is 15.8 Å². The summed E-state index contributed by atoms with van der Waals surface area (Å²) in [5.41, 5.74) is 1.04. The molecule has 1 aliphatic heterocycles. The second kappa shape index (κ2) is 9.62. The molecule has 2 aromatic carbocycles. The average Bonchev–Trinajstić information content (AvgIpc) is 2.79. The molecule has 1 saturated heterocycles. The molecule has 166 valence electrons. The predicted octanol–water partition coefficient (Wildman–Crippen LogP) is 3.61. The Morgan fingerprint density at radius 3 is 2.19 bits per heavy atom. The third-order valence-electron chi connectivity index (χ3n) is 5.38. The van der Waals surface area contributed by atoms with Gasteiger partial charge in [0, 0.05) is 18.7 Å². The number of hydrogen-bond donors (Lipinski definition) is 0. The fourth-order valence-electron chi connectivity index (χ4n) is 3.52. The van der Waals surface area contributed by atoms with Crippen LogP contribution in [0.2, 0.25) is 0 Å². The Labute approximate surface area is 183 Å². The van der Waals surface area contributed by atoms with Gasteiger partial charge in [0.1, 0.15) is 5.75 Å². The van der Waals surface area contributed by atoms with E-state index in [1.54, 1.807) is 37.3 Å². The fourth-order valence-corrected chi connectivity index (χ4v) is 5.29. The van der Waals surface area contributed by atoms with Crippen LogP contribution in [0.5, 0.6) is 5.75 Å². The van der Waals surface area contributed by atoms with Crippen molar-refractivity contribution in [2.24, 2.45) is 0 Å². The van der Waals surface area contributed by atoms with Crippen LogP contribution in [0.1, 0.15) is 52.5 Å². The molecule has 2 aromatic rings. The lowest BCUT2D eigenvalue weighted by Gasteiger charge is -2.26. The van der Waals surface area contributed by atoms with Crippen LogP contribution in [0, 0.1) is 6.92 Å². The summed E-state index contributed by atoms with van der Waals surface area (Å²) in [6, 6.07) is 10.9. The number of rotatable bonds is 7. The summed E-state index contributed by atoms with van der Waals surface area (Å²) in [5, 5.41) is 0. The van der Waals surface area contributed by atoms with Gasteiger partial charge in [-0.2, -0.15) is 4.31 Å². The number of nitrogens with zero attached hydrogens (tertiary/aromatic N) is 1. The SMILES string of the molecule is COc1ccc(C(=O)C(C)OC(=O)c2ccc(C)c(S(=O)(=O)N3CCCCC3)c2)cc1. The second-order valence-corrected chi connectivity index (χ2v) is 9.49. The number of ether oxygens (including phenoxy) is 2. The third kappa shape index (κ3) is 5.14. The first-order valence-corrected chi connectivity index (χ1v) is 11.7. The van der Waals surface area contributed by atoms with Gasteiger partial charge in [-0.3, -0.25) is 4.79 Å². The molecule has 0 saturated carbocycles. The van der Waals surface area contributed by atoms with Crippen molar-refractivity contribution in [2.45, 2.75) is 44.1 Å². The number of benzene rings is 2. The summed E-state index contributed by atoms with van der Waals surface area (Å²) in [6.45, 7) is 4.14. The number of ketones is 1. The van der Waals surface area contributed by atoms with Crippen molar-refractivity contribution in [1.29, 1.82) is 0 Å². The quantitative estimate of drug-likeness (QED) is 0.478. The van der Waals surface area contributed by atoms with Crippen molar-refractivity contribution in [2.75, 3.05) is 20.2 Å². The monoisotopic (exact) mass is 445 g/mol. The number of hydrogen-bond acceptors (Lipinski definition) is 6. The van der Waals surface area contributed by atoms with Crippen LogP contribution < -0.4 is 4.74 Å².